The number of amides is 1. The number of alkyl halides is 3. The first-order valence-electron chi connectivity index (χ1n) is 4.00. The van der Waals surface area contributed by atoms with Crippen molar-refractivity contribution >= 4 is 11.9 Å². The van der Waals surface area contributed by atoms with Gasteiger partial charge in [-0.1, -0.05) is 12.2 Å². The molecule has 1 unspecified atom stereocenters. The molecule has 0 fully saturated rings. The van der Waals surface area contributed by atoms with E-state index in [0.29, 0.717) is 0 Å². The van der Waals surface area contributed by atoms with Gasteiger partial charge < -0.3 is 10.4 Å². The summed E-state index contributed by atoms with van der Waals surface area (Å²) in [5, 5.41) is 9.88. The summed E-state index contributed by atoms with van der Waals surface area (Å²) in [6, 6.07) is -1.56. The molecule has 15 heavy (non-hydrogen) atoms. The van der Waals surface area contributed by atoms with Crippen LogP contribution in [0.15, 0.2) is 12.2 Å². The van der Waals surface area contributed by atoms with Crippen LogP contribution in [0.1, 0.15) is 13.3 Å². The molecule has 0 saturated heterocycles. The number of carbonyl (C=O) groups excluding carboxylic acids is 1. The van der Waals surface area contributed by atoms with E-state index in [0.717, 1.165) is 0 Å². The van der Waals surface area contributed by atoms with Gasteiger partial charge in [0.2, 0.25) is 0 Å². The van der Waals surface area contributed by atoms with E-state index in [9.17, 15) is 22.8 Å². The maximum absolute atomic E-state index is 11.8. The van der Waals surface area contributed by atoms with Crippen LogP contribution in [0, 0.1) is 0 Å². The second-order valence-electron chi connectivity index (χ2n) is 2.67. The highest BCUT2D eigenvalue weighted by molar-refractivity contribution is 5.86. The molecule has 7 heteroatoms. The minimum Gasteiger partial charge on any atom is -0.480 e. The van der Waals surface area contributed by atoms with Gasteiger partial charge in [0.15, 0.2) is 0 Å². The van der Waals surface area contributed by atoms with Gasteiger partial charge in [0, 0.05) is 0 Å². The van der Waals surface area contributed by atoms with Crippen molar-refractivity contribution in [3.63, 3.8) is 0 Å². The standard InChI is InChI=1S/C8H10F3NO3/c1-2-3-4-5(6(13)14)12-7(15)8(9,10)11/h2-3,5H,4H2,1H3,(H,12,15)(H,13,14)/b3-2+. The Morgan fingerprint density at radius 1 is 1.47 bits per heavy atom. The van der Waals surface area contributed by atoms with Crippen LogP contribution in [0.5, 0.6) is 0 Å². The van der Waals surface area contributed by atoms with Crippen LogP contribution >= 0.6 is 0 Å². The molecular weight excluding hydrogens is 215 g/mol. The maximum atomic E-state index is 11.8. The van der Waals surface area contributed by atoms with Crippen molar-refractivity contribution in [2.24, 2.45) is 0 Å². The number of aliphatic carboxylic acids is 1. The van der Waals surface area contributed by atoms with Crippen LogP contribution in [0.3, 0.4) is 0 Å². The number of nitrogens with one attached hydrogen (secondary N) is 1. The molecule has 0 bridgehead atoms. The van der Waals surface area contributed by atoms with Crippen LogP contribution < -0.4 is 5.32 Å². The summed E-state index contributed by atoms with van der Waals surface area (Å²) in [7, 11) is 0. The third-order valence-electron chi connectivity index (χ3n) is 1.47. The lowest BCUT2D eigenvalue weighted by molar-refractivity contribution is -0.175. The Bertz CT molecular complexity index is 273. The lowest BCUT2D eigenvalue weighted by atomic mass is 10.2. The summed E-state index contributed by atoms with van der Waals surface area (Å²) in [5.74, 6) is -3.76. The zero-order valence-corrected chi connectivity index (χ0v) is 7.84. The summed E-state index contributed by atoms with van der Waals surface area (Å²) in [6.07, 6.45) is -2.41. The Morgan fingerprint density at radius 2 is 2.00 bits per heavy atom. The largest absolute Gasteiger partial charge is 0.480 e. The van der Waals surface area contributed by atoms with E-state index in [1.54, 1.807) is 6.92 Å². The smallest absolute Gasteiger partial charge is 0.471 e. The molecule has 0 spiro atoms. The zero-order valence-electron chi connectivity index (χ0n) is 7.84. The van der Waals surface area contributed by atoms with Crippen LogP contribution in [-0.2, 0) is 9.59 Å². The Kier molecular flexibility index (Phi) is 4.83. The first kappa shape index (κ1) is 13.5. The summed E-state index contributed by atoms with van der Waals surface area (Å²) in [6.45, 7) is 1.59. The number of carboxylic acid groups (broad SMARTS) is 1. The van der Waals surface area contributed by atoms with E-state index >= 15 is 0 Å². The maximum Gasteiger partial charge on any atom is 0.471 e. The monoisotopic (exact) mass is 225 g/mol. The second kappa shape index (κ2) is 5.38. The molecule has 1 amide bonds. The quantitative estimate of drug-likeness (QED) is 0.703. The fourth-order valence-corrected chi connectivity index (χ4v) is 0.734. The van der Waals surface area contributed by atoms with Crippen molar-refractivity contribution in [2.45, 2.75) is 25.6 Å². The molecule has 0 aromatic heterocycles. The van der Waals surface area contributed by atoms with Crippen molar-refractivity contribution < 1.29 is 27.9 Å². The molecule has 1 atom stereocenters. The van der Waals surface area contributed by atoms with E-state index in [2.05, 4.69) is 0 Å². The van der Waals surface area contributed by atoms with E-state index in [1.807, 2.05) is 0 Å². The van der Waals surface area contributed by atoms with Gasteiger partial charge in [0.25, 0.3) is 0 Å². The first-order valence-corrected chi connectivity index (χ1v) is 4.00. The molecule has 2 N–H and O–H groups in total. The molecular formula is C8H10F3NO3. The third kappa shape index (κ3) is 5.04. The highest BCUT2D eigenvalue weighted by atomic mass is 19.4. The summed E-state index contributed by atoms with van der Waals surface area (Å²) in [4.78, 5) is 20.9. The van der Waals surface area contributed by atoms with Gasteiger partial charge in [0.05, 0.1) is 0 Å². The number of allylic oxidation sites excluding steroid dienone is 1. The van der Waals surface area contributed by atoms with Gasteiger partial charge in [0.1, 0.15) is 6.04 Å². The SMILES string of the molecule is C/C=C/CC(NC(=O)C(F)(F)F)C(=O)O. The summed E-state index contributed by atoms with van der Waals surface area (Å²) < 4.78 is 35.3. The lowest BCUT2D eigenvalue weighted by Crippen LogP contribution is -2.46. The number of carbonyl (C=O) groups is 2. The Morgan fingerprint density at radius 3 is 2.33 bits per heavy atom. The van der Waals surface area contributed by atoms with Crippen molar-refractivity contribution in [1.29, 1.82) is 0 Å². The number of hydrogen-bond donors (Lipinski definition) is 2. The number of hydrogen-bond acceptors (Lipinski definition) is 2. The minimum absolute atomic E-state index is 0.187. The van der Waals surface area contributed by atoms with Crippen LogP contribution in [0.25, 0.3) is 0 Å². The fraction of sp³-hybridized carbons (Fsp3) is 0.500. The molecule has 86 valence electrons. The van der Waals surface area contributed by atoms with Crippen LogP contribution in [0.2, 0.25) is 0 Å². The molecule has 0 radical (unpaired) electrons. The van der Waals surface area contributed by atoms with E-state index in [1.165, 1.54) is 17.5 Å². The molecule has 0 heterocycles. The van der Waals surface area contributed by atoms with E-state index in [-0.39, 0.29) is 6.42 Å². The number of carboxylic acids is 1. The Labute approximate surface area is 83.8 Å². The van der Waals surface area contributed by atoms with Gasteiger partial charge in [-0.05, 0) is 13.3 Å². The average molecular weight is 225 g/mol. The van der Waals surface area contributed by atoms with Crippen molar-refractivity contribution in [3.8, 4) is 0 Å². The third-order valence-corrected chi connectivity index (χ3v) is 1.47. The Hall–Kier alpha value is -1.53. The minimum atomic E-state index is -5.07. The molecule has 0 aromatic rings. The molecule has 0 aliphatic heterocycles. The summed E-state index contributed by atoms with van der Waals surface area (Å²) in [5.41, 5.74) is 0. The molecule has 0 aliphatic rings. The average Bonchev–Trinajstić information content (AvgIpc) is 2.09. The predicted octanol–water partition coefficient (Wildman–Crippen LogP) is 1.08. The van der Waals surface area contributed by atoms with Gasteiger partial charge in [-0.25, -0.2) is 4.79 Å². The van der Waals surface area contributed by atoms with Crippen LogP contribution in [0.4, 0.5) is 13.2 Å². The normalized spacial score (nSPS) is 13.9. The molecule has 0 aromatic carbocycles. The first-order chi connectivity index (χ1) is 6.79. The topological polar surface area (TPSA) is 66.4 Å². The number of rotatable bonds is 4. The molecule has 0 rings (SSSR count). The second-order valence-corrected chi connectivity index (χ2v) is 2.67. The molecule has 0 saturated carbocycles. The predicted molar refractivity (Wildman–Crippen MR) is 45.1 cm³/mol. The van der Waals surface area contributed by atoms with Gasteiger partial charge in [-0.15, -0.1) is 0 Å². The Balaban J connectivity index is 4.42. The zero-order chi connectivity index (χ0) is 12.1. The van der Waals surface area contributed by atoms with Gasteiger partial charge in [-0.2, -0.15) is 13.2 Å². The lowest BCUT2D eigenvalue weighted by Gasteiger charge is -2.13. The van der Waals surface area contributed by atoms with E-state index < -0.39 is 24.1 Å². The van der Waals surface area contributed by atoms with Crippen LogP contribution in [-0.4, -0.2) is 29.2 Å². The van der Waals surface area contributed by atoms with Gasteiger partial charge in [-0.3, -0.25) is 4.79 Å². The van der Waals surface area contributed by atoms with Crippen molar-refractivity contribution in [3.05, 3.63) is 12.2 Å². The number of halogens is 3. The highest BCUT2D eigenvalue weighted by Gasteiger charge is 2.40. The molecule has 0 aliphatic carbocycles. The van der Waals surface area contributed by atoms with Crippen molar-refractivity contribution in [1.82, 2.24) is 5.32 Å². The summed E-state index contributed by atoms with van der Waals surface area (Å²) >= 11 is 0. The van der Waals surface area contributed by atoms with E-state index in [4.69, 9.17) is 5.11 Å². The van der Waals surface area contributed by atoms with Gasteiger partial charge >= 0.3 is 18.1 Å². The molecule has 4 nitrogen and oxygen atoms in total. The fourth-order valence-electron chi connectivity index (χ4n) is 0.734. The highest BCUT2D eigenvalue weighted by Crippen LogP contribution is 2.14. The van der Waals surface area contributed by atoms with Crippen molar-refractivity contribution in [2.75, 3.05) is 0 Å².